The summed E-state index contributed by atoms with van der Waals surface area (Å²) in [5.74, 6) is 2.30. The molecule has 1 aliphatic rings. The lowest BCUT2D eigenvalue weighted by Crippen LogP contribution is -2.36. The Kier molecular flexibility index (Phi) is 4.98. The second-order valence-electron chi connectivity index (χ2n) is 4.68. The SMILES string of the molecule is CNC(c1ccc(F)cc1C)C1SCCSC1C. The zero-order chi connectivity index (χ0) is 13.1. The smallest absolute Gasteiger partial charge is 0.123 e. The van der Waals surface area contributed by atoms with Gasteiger partial charge in [-0.05, 0) is 37.2 Å². The average Bonchev–Trinajstić information content (AvgIpc) is 2.34. The minimum absolute atomic E-state index is 0.148. The van der Waals surface area contributed by atoms with Gasteiger partial charge in [-0.15, -0.1) is 0 Å². The van der Waals surface area contributed by atoms with Gasteiger partial charge in [0.25, 0.3) is 0 Å². The minimum Gasteiger partial charge on any atom is -0.312 e. The van der Waals surface area contributed by atoms with Crippen LogP contribution in [0, 0.1) is 12.7 Å². The quantitative estimate of drug-likeness (QED) is 0.911. The molecule has 3 unspecified atom stereocenters. The van der Waals surface area contributed by atoms with E-state index in [1.807, 2.05) is 43.6 Å². The van der Waals surface area contributed by atoms with E-state index in [1.165, 1.54) is 17.1 Å². The van der Waals surface area contributed by atoms with Gasteiger partial charge in [-0.25, -0.2) is 4.39 Å². The number of hydrogen-bond donors (Lipinski definition) is 1. The lowest BCUT2D eigenvalue weighted by atomic mass is 9.97. The molecule has 1 fully saturated rings. The monoisotopic (exact) mass is 285 g/mol. The summed E-state index contributed by atoms with van der Waals surface area (Å²) in [6.45, 7) is 4.29. The number of benzene rings is 1. The second-order valence-corrected chi connectivity index (χ2v) is 7.45. The Balaban J connectivity index is 2.26. The van der Waals surface area contributed by atoms with Gasteiger partial charge in [0.1, 0.15) is 5.82 Å². The van der Waals surface area contributed by atoms with E-state index >= 15 is 0 Å². The Morgan fingerprint density at radius 1 is 1.33 bits per heavy atom. The normalized spacial score (nSPS) is 26.0. The van der Waals surface area contributed by atoms with Crippen molar-refractivity contribution >= 4 is 23.5 Å². The lowest BCUT2D eigenvalue weighted by Gasteiger charge is -2.35. The van der Waals surface area contributed by atoms with Gasteiger partial charge in [0.05, 0.1) is 0 Å². The zero-order valence-electron chi connectivity index (χ0n) is 11.1. The predicted molar refractivity (Wildman–Crippen MR) is 81.1 cm³/mol. The molecular weight excluding hydrogens is 265 g/mol. The molecule has 1 aliphatic heterocycles. The first kappa shape index (κ1) is 14.2. The van der Waals surface area contributed by atoms with Crippen LogP contribution in [-0.4, -0.2) is 29.1 Å². The Morgan fingerprint density at radius 2 is 2.06 bits per heavy atom. The van der Waals surface area contributed by atoms with Gasteiger partial charge >= 0.3 is 0 Å². The van der Waals surface area contributed by atoms with Crippen LogP contribution in [0.4, 0.5) is 4.39 Å². The third-order valence-electron chi connectivity index (χ3n) is 3.44. The fourth-order valence-corrected chi connectivity index (χ4v) is 5.48. The third kappa shape index (κ3) is 3.03. The fourth-order valence-electron chi connectivity index (χ4n) is 2.50. The van der Waals surface area contributed by atoms with Crippen molar-refractivity contribution in [3.63, 3.8) is 0 Å². The van der Waals surface area contributed by atoms with Crippen LogP contribution < -0.4 is 5.32 Å². The number of rotatable bonds is 3. The Morgan fingerprint density at radius 3 is 2.67 bits per heavy atom. The summed E-state index contributed by atoms with van der Waals surface area (Å²) in [4.78, 5) is 0. The van der Waals surface area contributed by atoms with Crippen LogP contribution in [-0.2, 0) is 0 Å². The molecular formula is C14H20FNS2. The standard InChI is InChI=1S/C14H20FNS2/c1-9-8-11(15)4-5-12(9)13(16-3)14-10(2)17-6-7-18-14/h4-5,8,10,13-14,16H,6-7H2,1-3H3. The van der Waals surface area contributed by atoms with Crippen molar-refractivity contribution in [2.75, 3.05) is 18.6 Å². The van der Waals surface area contributed by atoms with Crippen molar-refractivity contribution in [2.24, 2.45) is 0 Å². The molecule has 3 atom stereocenters. The molecule has 0 spiro atoms. The van der Waals surface area contributed by atoms with Crippen molar-refractivity contribution in [3.05, 3.63) is 35.1 Å². The summed E-state index contributed by atoms with van der Waals surface area (Å²) in [7, 11) is 2.00. The van der Waals surface area contributed by atoms with E-state index in [0.29, 0.717) is 16.5 Å². The van der Waals surface area contributed by atoms with Crippen LogP contribution in [0.25, 0.3) is 0 Å². The van der Waals surface area contributed by atoms with Gasteiger partial charge < -0.3 is 5.32 Å². The highest BCUT2D eigenvalue weighted by Crippen LogP contribution is 2.39. The second kappa shape index (κ2) is 6.31. The summed E-state index contributed by atoms with van der Waals surface area (Å²) >= 11 is 4.07. The van der Waals surface area contributed by atoms with E-state index in [9.17, 15) is 4.39 Å². The molecule has 1 heterocycles. The van der Waals surface area contributed by atoms with E-state index in [4.69, 9.17) is 0 Å². The van der Waals surface area contributed by atoms with Crippen molar-refractivity contribution in [1.82, 2.24) is 5.32 Å². The van der Waals surface area contributed by atoms with Gasteiger partial charge in [0.15, 0.2) is 0 Å². The average molecular weight is 285 g/mol. The maximum atomic E-state index is 13.2. The van der Waals surface area contributed by atoms with E-state index in [1.54, 1.807) is 12.1 Å². The van der Waals surface area contributed by atoms with Gasteiger partial charge in [-0.2, -0.15) is 23.5 Å². The van der Waals surface area contributed by atoms with Crippen LogP contribution in [0.3, 0.4) is 0 Å². The van der Waals surface area contributed by atoms with Crippen LogP contribution in [0.15, 0.2) is 18.2 Å². The predicted octanol–water partition coefficient (Wildman–Crippen LogP) is 3.63. The molecule has 1 saturated heterocycles. The first-order valence-electron chi connectivity index (χ1n) is 6.30. The highest BCUT2D eigenvalue weighted by molar-refractivity contribution is 8.07. The lowest BCUT2D eigenvalue weighted by molar-refractivity contribution is 0.554. The number of thioether (sulfide) groups is 2. The summed E-state index contributed by atoms with van der Waals surface area (Å²) < 4.78 is 13.2. The molecule has 1 aromatic rings. The van der Waals surface area contributed by atoms with Gasteiger partial charge in [0, 0.05) is 28.0 Å². The molecule has 1 aromatic carbocycles. The molecule has 0 aliphatic carbocycles. The Labute approximate surface area is 117 Å². The first-order valence-corrected chi connectivity index (χ1v) is 8.39. The third-order valence-corrected chi connectivity index (χ3v) is 6.64. The summed E-state index contributed by atoms with van der Waals surface area (Å²) in [6.07, 6.45) is 0. The molecule has 18 heavy (non-hydrogen) atoms. The Bertz CT molecular complexity index is 411. The largest absolute Gasteiger partial charge is 0.312 e. The molecule has 0 amide bonds. The summed E-state index contributed by atoms with van der Waals surface area (Å²) in [6, 6.07) is 5.43. The highest BCUT2D eigenvalue weighted by Gasteiger charge is 2.31. The summed E-state index contributed by atoms with van der Waals surface area (Å²) in [5, 5.41) is 4.61. The van der Waals surface area contributed by atoms with E-state index in [0.717, 1.165) is 5.56 Å². The van der Waals surface area contributed by atoms with Gasteiger partial charge in [0.2, 0.25) is 0 Å². The molecule has 0 saturated carbocycles. The zero-order valence-corrected chi connectivity index (χ0v) is 12.7. The van der Waals surface area contributed by atoms with Crippen molar-refractivity contribution in [1.29, 1.82) is 0 Å². The molecule has 1 nitrogen and oxygen atoms in total. The number of hydrogen-bond acceptors (Lipinski definition) is 3. The molecule has 0 radical (unpaired) electrons. The van der Waals surface area contributed by atoms with E-state index in [-0.39, 0.29) is 5.82 Å². The first-order chi connectivity index (χ1) is 8.63. The maximum absolute atomic E-state index is 13.2. The van der Waals surface area contributed by atoms with E-state index in [2.05, 4.69) is 12.2 Å². The molecule has 4 heteroatoms. The molecule has 0 bridgehead atoms. The summed E-state index contributed by atoms with van der Waals surface area (Å²) in [5.41, 5.74) is 2.27. The molecule has 0 aromatic heterocycles. The molecule has 1 N–H and O–H groups in total. The van der Waals surface area contributed by atoms with Crippen LogP contribution >= 0.6 is 23.5 Å². The highest BCUT2D eigenvalue weighted by atomic mass is 32.2. The minimum atomic E-state index is -0.148. The number of nitrogens with one attached hydrogen (secondary N) is 1. The number of aryl methyl sites for hydroxylation is 1. The van der Waals surface area contributed by atoms with Crippen LogP contribution in [0.5, 0.6) is 0 Å². The van der Waals surface area contributed by atoms with E-state index < -0.39 is 0 Å². The van der Waals surface area contributed by atoms with Crippen molar-refractivity contribution in [3.8, 4) is 0 Å². The van der Waals surface area contributed by atoms with Crippen LogP contribution in [0.1, 0.15) is 24.1 Å². The Hall–Kier alpha value is -0.190. The van der Waals surface area contributed by atoms with Gasteiger partial charge in [-0.3, -0.25) is 0 Å². The molecule has 100 valence electrons. The maximum Gasteiger partial charge on any atom is 0.123 e. The van der Waals surface area contributed by atoms with Crippen molar-refractivity contribution in [2.45, 2.75) is 30.4 Å². The van der Waals surface area contributed by atoms with Gasteiger partial charge in [-0.1, -0.05) is 13.0 Å². The van der Waals surface area contributed by atoms with Crippen LogP contribution in [0.2, 0.25) is 0 Å². The van der Waals surface area contributed by atoms with Crippen molar-refractivity contribution < 1.29 is 4.39 Å². The number of halogens is 1. The molecule has 2 rings (SSSR count). The topological polar surface area (TPSA) is 12.0 Å². The fraction of sp³-hybridized carbons (Fsp3) is 0.571.